The Kier molecular flexibility index (Phi) is 5.57. The maximum Gasteiger partial charge on any atom is 0.256 e. The molecule has 0 aromatic heterocycles. The molecule has 1 aromatic carbocycles. The van der Waals surface area contributed by atoms with Crippen LogP contribution in [0.2, 0.25) is 0 Å². The van der Waals surface area contributed by atoms with Gasteiger partial charge in [-0.1, -0.05) is 0 Å². The fourth-order valence-corrected chi connectivity index (χ4v) is 2.07. The number of hydrogen-bond donors (Lipinski definition) is 1. The number of likely N-dealkylation sites (tertiary alicyclic amines) is 1. The van der Waals surface area contributed by atoms with Crippen molar-refractivity contribution in [1.82, 2.24) is 4.90 Å². The zero-order chi connectivity index (χ0) is 13.1. The lowest BCUT2D eigenvalue weighted by Crippen LogP contribution is -2.43. The average Bonchev–Trinajstić information content (AvgIpc) is 2.38. The molecule has 0 atom stereocenters. The molecule has 0 saturated carbocycles. The number of amides is 1. The normalized spacial score (nSPS) is 15.8. The first kappa shape index (κ1) is 15.7. The number of hydrogen-bond acceptors (Lipinski definition) is 3. The van der Waals surface area contributed by atoms with Crippen molar-refractivity contribution < 1.29 is 13.9 Å². The monoisotopic (exact) mass is 288 g/mol. The van der Waals surface area contributed by atoms with Gasteiger partial charge < -0.3 is 15.4 Å². The highest BCUT2D eigenvalue weighted by Crippen LogP contribution is 2.19. The van der Waals surface area contributed by atoms with Gasteiger partial charge in [0.2, 0.25) is 0 Å². The van der Waals surface area contributed by atoms with Crippen molar-refractivity contribution in [2.45, 2.75) is 18.9 Å². The van der Waals surface area contributed by atoms with Gasteiger partial charge in [-0.2, -0.15) is 0 Å². The van der Waals surface area contributed by atoms with Crippen LogP contribution in [0.25, 0.3) is 0 Å². The van der Waals surface area contributed by atoms with E-state index in [0.717, 1.165) is 12.8 Å². The predicted octanol–water partition coefficient (Wildman–Crippen LogP) is 1.82. The smallest absolute Gasteiger partial charge is 0.256 e. The van der Waals surface area contributed by atoms with Crippen molar-refractivity contribution in [2.75, 3.05) is 20.2 Å². The second kappa shape index (κ2) is 6.73. The Bertz CT molecular complexity index is 448. The lowest BCUT2D eigenvalue weighted by Gasteiger charge is -2.30. The van der Waals surface area contributed by atoms with Gasteiger partial charge in [0.25, 0.3) is 5.91 Å². The molecule has 2 N–H and O–H groups in total. The first-order valence-electron chi connectivity index (χ1n) is 6.00. The fraction of sp³-hybridized carbons (Fsp3) is 0.462. The zero-order valence-corrected chi connectivity index (χ0v) is 11.6. The summed E-state index contributed by atoms with van der Waals surface area (Å²) in [7, 11) is 1.46. The minimum absolute atomic E-state index is 0. The first-order chi connectivity index (χ1) is 8.61. The minimum Gasteiger partial charge on any atom is -0.497 e. The van der Waals surface area contributed by atoms with Crippen LogP contribution in [0.15, 0.2) is 18.2 Å². The van der Waals surface area contributed by atoms with E-state index in [4.69, 9.17) is 10.5 Å². The third-order valence-electron chi connectivity index (χ3n) is 3.23. The minimum atomic E-state index is -0.547. The molecule has 1 heterocycles. The Balaban J connectivity index is 0.00000180. The van der Waals surface area contributed by atoms with Gasteiger partial charge in [-0.25, -0.2) is 4.39 Å². The summed E-state index contributed by atoms with van der Waals surface area (Å²) < 4.78 is 18.7. The Morgan fingerprint density at radius 1 is 1.42 bits per heavy atom. The number of nitrogens with zero attached hydrogens (tertiary/aromatic N) is 1. The molecule has 0 radical (unpaired) electrons. The Morgan fingerprint density at radius 2 is 2.05 bits per heavy atom. The van der Waals surface area contributed by atoms with Crippen LogP contribution in [0, 0.1) is 5.82 Å². The maximum absolute atomic E-state index is 13.8. The second-order valence-electron chi connectivity index (χ2n) is 4.48. The molecular weight excluding hydrogens is 271 g/mol. The summed E-state index contributed by atoms with van der Waals surface area (Å²) in [4.78, 5) is 13.8. The zero-order valence-electron chi connectivity index (χ0n) is 10.8. The van der Waals surface area contributed by atoms with Crippen molar-refractivity contribution in [3.8, 4) is 5.75 Å². The predicted molar refractivity (Wildman–Crippen MR) is 73.3 cm³/mol. The molecule has 1 fully saturated rings. The molecule has 19 heavy (non-hydrogen) atoms. The summed E-state index contributed by atoms with van der Waals surface area (Å²) in [6.45, 7) is 1.18. The van der Waals surface area contributed by atoms with Crippen molar-refractivity contribution >= 4 is 18.3 Å². The molecule has 1 aromatic rings. The van der Waals surface area contributed by atoms with E-state index in [0.29, 0.717) is 18.8 Å². The Labute approximate surface area is 118 Å². The molecule has 1 saturated heterocycles. The number of carbonyl (C=O) groups excluding carboxylic acids is 1. The van der Waals surface area contributed by atoms with Crippen LogP contribution >= 0.6 is 12.4 Å². The van der Waals surface area contributed by atoms with E-state index in [2.05, 4.69) is 0 Å². The molecule has 2 rings (SSSR count). The van der Waals surface area contributed by atoms with Crippen LogP contribution in [-0.2, 0) is 0 Å². The highest BCUT2D eigenvalue weighted by atomic mass is 35.5. The van der Waals surface area contributed by atoms with Crippen molar-refractivity contribution in [3.63, 3.8) is 0 Å². The summed E-state index contributed by atoms with van der Waals surface area (Å²) in [5, 5.41) is 0. The van der Waals surface area contributed by atoms with Gasteiger partial charge in [-0.05, 0) is 25.0 Å². The molecule has 1 aliphatic heterocycles. The van der Waals surface area contributed by atoms with E-state index in [1.165, 1.54) is 19.2 Å². The number of benzene rings is 1. The van der Waals surface area contributed by atoms with Gasteiger partial charge in [-0.3, -0.25) is 4.79 Å². The molecule has 1 amide bonds. The van der Waals surface area contributed by atoms with Crippen molar-refractivity contribution in [3.05, 3.63) is 29.6 Å². The highest BCUT2D eigenvalue weighted by molar-refractivity contribution is 5.94. The standard InChI is InChI=1S/C13H17FN2O2.ClH/c1-18-10-2-3-11(12(14)8-10)13(17)16-6-4-9(15)5-7-16;/h2-3,8-9H,4-7,15H2,1H3;1H. The van der Waals surface area contributed by atoms with Crippen LogP contribution < -0.4 is 10.5 Å². The summed E-state index contributed by atoms with van der Waals surface area (Å²) >= 11 is 0. The van der Waals surface area contributed by atoms with E-state index in [9.17, 15) is 9.18 Å². The van der Waals surface area contributed by atoms with E-state index < -0.39 is 5.82 Å². The summed E-state index contributed by atoms with van der Waals surface area (Å²) in [5.41, 5.74) is 5.86. The van der Waals surface area contributed by atoms with Gasteiger partial charge >= 0.3 is 0 Å². The summed E-state index contributed by atoms with van der Waals surface area (Å²) in [6, 6.07) is 4.43. The van der Waals surface area contributed by atoms with Crippen LogP contribution in [0.5, 0.6) is 5.75 Å². The van der Waals surface area contributed by atoms with Crippen molar-refractivity contribution in [1.29, 1.82) is 0 Å². The number of rotatable bonds is 2. The number of halogens is 2. The highest BCUT2D eigenvalue weighted by Gasteiger charge is 2.23. The van der Waals surface area contributed by atoms with Gasteiger partial charge in [0.1, 0.15) is 11.6 Å². The molecule has 106 valence electrons. The third-order valence-corrected chi connectivity index (χ3v) is 3.23. The van der Waals surface area contributed by atoms with Crippen molar-refractivity contribution in [2.24, 2.45) is 5.73 Å². The van der Waals surface area contributed by atoms with Gasteiger partial charge in [0.15, 0.2) is 0 Å². The molecule has 0 bridgehead atoms. The Morgan fingerprint density at radius 3 is 2.58 bits per heavy atom. The third kappa shape index (κ3) is 3.58. The SMILES string of the molecule is COc1ccc(C(=O)N2CCC(N)CC2)c(F)c1.Cl. The molecule has 4 nitrogen and oxygen atoms in total. The van der Waals surface area contributed by atoms with E-state index in [-0.39, 0.29) is 29.9 Å². The number of carbonyl (C=O) groups is 1. The largest absolute Gasteiger partial charge is 0.497 e. The molecular formula is C13H18ClFN2O2. The van der Waals surface area contributed by atoms with E-state index >= 15 is 0 Å². The van der Waals surface area contributed by atoms with Gasteiger partial charge in [-0.15, -0.1) is 12.4 Å². The molecule has 0 aliphatic carbocycles. The fourth-order valence-electron chi connectivity index (χ4n) is 2.07. The second-order valence-corrected chi connectivity index (χ2v) is 4.48. The topological polar surface area (TPSA) is 55.6 Å². The molecule has 6 heteroatoms. The number of ether oxygens (including phenoxy) is 1. The lowest BCUT2D eigenvalue weighted by molar-refractivity contribution is 0.0710. The number of methoxy groups -OCH3 is 1. The van der Waals surface area contributed by atoms with E-state index in [1.54, 1.807) is 11.0 Å². The quantitative estimate of drug-likeness (QED) is 0.903. The molecule has 0 unspecified atom stereocenters. The van der Waals surface area contributed by atoms with Crippen LogP contribution in [0.3, 0.4) is 0 Å². The van der Waals surface area contributed by atoms with Crippen LogP contribution in [0.1, 0.15) is 23.2 Å². The summed E-state index contributed by atoms with van der Waals surface area (Å²) in [5.74, 6) is -0.416. The molecule has 0 spiro atoms. The van der Waals surface area contributed by atoms with Crippen LogP contribution in [0.4, 0.5) is 4.39 Å². The maximum atomic E-state index is 13.8. The van der Waals surface area contributed by atoms with Crippen LogP contribution in [-0.4, -0.2) is 37.0 Å². The summed E-state index contributed by atoms with van der Waals surface area (Å²) in [6.07, 6.45) is 1.53. The number of nitrogens with two attached hydrogens (primary N) is 1. The van der Waals surface area contributed by atoms with Gasteiger partial charge in [0.05, 0.1) is 12.7 Å². The Hall–Kier alpha value is -1.33. The number of piperidine rings is 1. The molecule has 1 aliphatic rings. The van der Waals surface area contributed by atoms with E-state index in [1.807, 2.05) is 0 Å². The van der Waals surface area contributed by atoms with Gasteiger partial charge in [0, 0.05) is 25.2 Å². The first-order valence-corrected chi connectivity index (χ1v) is 6.00. The average molecular weight is 289 g/mol. The lowest BCUT2D eigenvalue weighted by atomic mass is 10.0.